The molecule has 8 N–H and O–H groups in total. The standard InChI is InChI=1S/C33H42FN5O5S2.C31H39N5O6S2/c1-20(25-10-5-6-11-27(25)34)36-31(40)37-23-16-17-26(29(18-23)46(42,43)39-33(2,3)4)28-19-35-30(45-28)21-12-14-22(15-13-21)38-32(41)44-24-8-7-9-24;1-31(2,3)36-44(39,40)27-15-23(34-29(37)33-16-20-7-5-4-6-8-20)13-14-25(27)26-17-32-28(43-26)21-9-11-22(12-10-21)35-30(38)42-24-18-41-19-24/h5-6,10-11,16-22,24,39H,7-9,12-15H2,1-4H3,(H,38,41)(H2,36,37,40);4-8,13-15,17,21-22,24,36H,9-12,16,18-19H2,1-3H3,(H,35,38)(H2,33,34,37)/t20-,21?,22?;/m0./s1. The van der Waals surface area contributed by atoms with Crippen LogP contribution in [0.4, 0.5) is 34.9 Å². The van der Waals surface area contributed by atoms with Gasteiger partial charge in [-0.25, -0.2) is 59.8 Å². The molecule has 6 amide bonds. The number of sulfonamides is 2. The Morgan fingerprint density at radius 1 is 0.611 bits per heavy atom. The predicted octanol–water partition coefficient (Wildman–Crippen LogP) is 12.6. The third-order valence-electron chi connectivity index (χ3n) is 15.5. The molecule has 3 aliphatic carbocycles. The number of rotatable bonds is 18. The van der Waals surface area contributed by atoms with Crippen LogP contribution in [-0.4, -0.2) is 99.6 Å². The molecule has 21 nitrogen and oxygen atoms in total. The average molecular weight is 1310 g/mol. The van der Waals surface area contributed by atoms with Crippen LogP contribution in [0.1, 0.15) is 158 Å². The molecule has 3 heterocycles. The number of anilines is 2. The zero-order chi connectivity index (χ0) is 64.4. The van der Waals surface area contributed by atoms with E-state index in [2.05, 4.69) is 51.3 Å². The van der Waals surface area contributed by atoms with Crippen LogP contribution < -0.4 is 41.3 Å². The van der Waals surface area contributed by atoms with Gasteiger partial charge in [-0.2, -0.15) is 0 Å². The summed E-state index contributed by atoms with van der Waals surface area (Å²) in [6.07, 6.45) is 12.2. The van der Waals surface area contributed by atoms with E-state index in [-0.39, 0.29) is 57.7 Å². The minimum absolute atomic E-state index is 0.00969. The Morgan fingerprint density at radius 3 is 1.52 bits per heavy atom. The second kappa shape index (κ2) is 29.5. The van der Waals surface area contributed by atoms with E-state index < -0.39 is 61.1 Å². The Morgan fingerprint density at radius 2 is 1.08 bits per heavy atom. The second-order valence-electron chi connectivity index (χ2n) is 25.3. The number of halogens is 1. The number of nitrogens with zero attached hydrogens (tertiary/aromatic N) is 2. The van der Waals surface area contributed by atoms with Gasteiger partial charge in [-0.05, 0) is 155 Å². The molecule has 90 heavy (non-hydrogen) atoms. The number of amides is 6. The largest absolute Gasteiger partial charge is 0.446 e. The van der Waals surface area contributed by atoms with E-state index in [1.807, 2.05) is 30.3 Å². The molecule has 0 radical (unpaired) electrons. The van der Waals surface area contributed by atoms with Crippen molar-refractivity contribution in [3.05, 3.63) is 130 Å². The van der Waals surface area contributed by atoms with Gasteiger partial charge in [0.25, 0.3) is 0 Å². The van der Waals surface area contributed by atoms with Gasteiger partial charge in [0.15, 0.2) is 6.10 Å². The fourth-order valence-corrected chi connectivity index (χ4v) is 16.5. The molecule has 4 aliphatic rings. The van der Waals surface area contributed by atoms with Crippen molar-refractivity contribution in [2.45, 2.75) is 189 Å². The summed E-state index contributed by atoms with van der Waals surface area (Å²) in [5.74, 6) is -0.0167. The number of hydrogen-bond donors (Lipinski definition) is 8. The van der Waals surface area contributed by atoms with Crippen molar-refractivity contribution in [2.24, 2.45) is 0 Å². The molecule has 3 saturated carbocycles. The van der Waals surface area contributed by atoms with Crippen LogP contribution in [-0.2, 0) is 40.8 Å². The van der Waals surface area contributed by atoms with Gasteiger partial charge in [-0.15, -0.1) is 22.7 Å². The first-order valence-electron chi connectivity index (χ1n) is 30.4. The van der Waals surface area contributed by atoms with E-state index in [0.29, 0.717) is 47.0 Å². The molecule has 26 heteroatoms. The van der Waals surface area contributed by atoms with Crippen LogP contribution in [0.3, 0.4) is 0 Å². The van der Waals surface area contributed by atoms with E-state index in [1.165, 1.54) is 40.9 Å². The zero-order valence-corrected chi connectivity index (χ0v) is 54.9. The van der Waals surface area contributed by atoms with E-state index in [0.717, 1.165) is 91.1 Å². The van der Waals surface area contributed by atoms with Gasteiger partial charge in [0.05, 0.1) is 48.8 Å². The average Bonchev–Trinajstić information content (AvgIpc) is 1.45. The summed E-state index contributed by atoms with van der Waals surface area (Å²) in [7, 11) is -7.97. The molecule has 0 unspecified atom stereocenters. The monoisotopic (exact) mass is 1310 g/mol. The number of nitrogens with one attached hydrogen (secondary N) is 8. The van der Waals surface area contributed by atoms with Crippen molar-refractivity contribution >= 4 is 78.3 Å². The highest BCUT2D eigenvalue weighted by Gasteiger charge is 2.33. The van der Waals surface area contributed by atoms with Crippen molar-refractivity contribution < 1.29 is 54.6 Å². The number of aromatic nitrogens is 2. The third-order valence-corrected chi connectivity index (χ3v) is 21.5. The molecule has 4 fully saturated rings. The summed E-state index contributed by atoms with van der Waals surface area (Å²) in [5, 5.41) is 18.8. The molecule has 1 saturated heterocycles. The Hall–Kier alpha value is -7.07. The lowest BCUT2D eigenvalue weighted by Crippen LogP contribution is -2.44. The molecule has 2 aromatic heterocycles. The normalized spacial score (nSPS) is 19.3. The number of thiazole rings is 2. The molecule has 1 atom stereocenters. The fraction of sp³-hybridized carbons (Fsp3) is 0.469. The summed E-state index contributed by atoms with van der Waals surface area (Å²) in [6.45, 7) is 13.5. The molecule has 6 aromatic rings. The van der Waals surface area contributed by atoms with Gasteiger partial charge in [0.2, 0.25) is 20.0 Å². The quantitative estimate of drug-likeness (QED) is 0.0398. The molecule has 0 bridgehead atoms. The first kappa shape index (κ1) is 67.3. The number of carbonyl (C=O) groups is 4. The van der Waals surface area contributed by atoms with Gasteiger partial charge in [0.1, 0.15) is 11.9 Å². The van der Waals surface area contributed by atoms with Crippen molar-refractivity contribution in [3.63, 3.8) is 0 Å². The van der Waals surface area contributed by atoms with E-state index in [1.54, 1.807) is 103 Å². The van der Waals surface area contributed by atoms with Crippen LogP contribution in [0.25, 0.3) is 20.9 Å². The van der Waals surface area contributed by atoms with E-state index >= 15 is 0 Å². The lowest BCUT2D eigenvalue weighted by molar-refractivity contribution is -0.0985. The highest BCUT2D eigenvalue weighted by atomic mass is 32.2. The first-order valence-corrected chi connectivity index (χ1v) is 35.0. The van der Waals surface area contributed by atoms with Crippen LogP contribution in [0.15, 0.2) is 113 Å². The number of alkyl carbamates (subject to hydrolysis) is 2. The number of benzene rings is 4. The van der Waals surface area contributed by atoms with Crippen molar-refractivity contribution in [1.29, 1.82) is 0 Å². The van der Waals surface area contributed by atoms with Crippen molar-refractivity contribution in [3.8, 4) is 20.9 Å². The summed E-state index contributed by atoms with van der Waals surface area (Å²) in [4.78, 5) is 60.6. The second-order valence-corrected chi connectivity index (χ2v) is 30.7. The van der Waals surface area contributed by atoms with Crippen LogP contribution in [0.2, 0.25) is 0 Å². The molecule has 1 aliphatic heterocycles. The highest BCUT2D eigenvalue weighted by Crippen LogP contribution is 2.42. The molecule has 484 valence electrons. The van der Waals surface area contributed by atoms with Gasteiger partial charge >= 0.3 is 24.2 Å². The van der Waals surface area contributed by atoms with Crippen LogP contribution in [0.5, 0.6) is 0 Å². The maximum atomic E-state index is 14.2. The minimum Gasteiger partial charge on any atom is -0.446 e. The van der Waals surface area contributed by atoms with E-state index in [4.69, 9.17) is 14.2 Å². The molecular weight excluding hydrogens is 1230 g/mol. The Bertz CT molecular complexity index is 3700. The number of carbonyl (C=O) groups excluding carboxylic acids is 4. The number of urea groups is 2. The van der Waals surface area contributed by atoms with Gasteiger partial charge in [-0.3, -0.25) is 0 Å². The SMILES string of the molecule is CC(C)(C)NS(=O)(=O)c1cc(NC(=O)NCc2ccccc2)ccc1-c1cnc(C2CCC(NC(=O)OC3COC3)CC2)s1.C[C@H](NC(=O)Nc1ccc(-c2cnc(C3CCC(NC(=O)OC4CCC4)CC3)s2)c(S(=O)(=O)NC(C)(C)C)c1)c1ccccc1F. The number of hydrogen-bond acceptors (Lipinski definition) is 15. The lowest BCUT2D eigenvalue weighted by Gasteiger charge is -2.30. The smallest absolute Gasteiger partial charge is 0.407 e. The Labute approximate surface area is 534 Å². The van der Waals surface area contributed by atoms with Crippen LogP contribution in [0, 0.1) is 5.82 Å². The molecule has 10 rings (SSSR count). The lowest BCUT2D eigenvalue weighted by atomic mass is 9.86. The van der Waals surface area contributed by atoms with Crippen LogP contribution >= 0.6 is 22.7 Å². The zero-order valence-electron chi connectivity index (χ0n) is 51.7. The molecular formula is C64H81FN10O11S4. The summed E-state index contributed by atoms with van der Waals surface area (Å²) >= 11 is 2.92. The fourth-order valence-electron chi connectivity index (χ4n) is 10.8. The van der Waals surface area contributed by atoms with Crippen molar-refractivity contribution in [1.82, 2.24) is 40.7 Å². The maximum absolute atomic E-state index is 14.2. The molecule has 0 spiro atoms. The van der Waals surface area contributed by atoms with Gasteiger partial charge in [0, 0.05) is 82.0 Å². The van der Waals surface area contributed by atoms with Gasteiger partial charge < -0.3 is 46.1 Å². The Balaban J connectivity index is 0.000000214. The Kier molecular flexibility index (Phi) is 22.0. The predicted molar refractivity (Wildman–Crippen MR) is 346 cm³/mol. The highest BCUT2D eigenvalue weighted by molar-refractivity contribution is 7.90. The minimum atomic E-state index is -4.01. The molecule has 4 aromatic carbocycles. The summed E-state index contributed by atoms with van der Waals surface area (Å²) < 4.78 is 90.0. The third kappa shape index (κ3) is 19.0. The maximum Gasteiger partial charge on any atom is 0.407 e. The first-order chi connectivity index (χ1) is 42.7. The topological polar surface area (TPSA) is 286 Å². The summed E-state index contributed by atoms with van der Waals surface area (Å²) in [6, 6.07) is 23.8. The van der Waals surface area contributed by atoms with Crippen molar-refractivity contribution in [2.75, 3.05) is 23.8 Å². The summed E-state index contributed by atoms with van der Waals surface area (Å²) in [5.41, 5.74) is 1.43. The van der Waals surface area contributed by atoms with Gasteiger partial charge in [-0.1, -0.05) is 60.7 Å². The van der Waals surface area contributed by atoms with E-state index in [9.17, 15) is 40.4 Å². The number of ether oxygens (including phenoxy) is 3.